The average molecular weight is 300 g/mol. The zero-order valence-corrected chi connectivity index (χ0v) is 12.3. The fourth-order valence-corrected chi connectivity index (χ4v) is 2.33. The first-order chi connectivity index (χ1) is 8.27. The summed E-state index contributed by atoms with van der Waals surface area (Å²) in [5.41, 5.74) is 1.37. The molecule has 96 valence electrons. The van der Waals surface area contributed by atoms with E-state index in [9.17, 15) is 0 Å². The van der Waals surface area contributed by atoms with Crippen molar-refractivity contribution in [2.75, 3.05) is 20.2 Å². The summed E-state index contributed by atoms with van der Waals surface area (Å²) < 4.78 is 6.26. The molecular weight excluding hydrogens is 278 g/mol. The molecule has 0 aliphatic carbocycles. The highest BCUT2D eigenvalue weighted by molar-refractivity contribution is 9.10. The number of benzene rings is 1. The second-order valence-corrected chi connectivity index (χ2v) is 5.03. The molecule has 0 amide bonds. The third kappa shape index (κ3) is 5.55. The van der Waals surface area contributed by atoms with E-state index in [0.717, 1.165) is 29.7 Å². The lowest BCUT2D eigenvalue weighted by molar-refractivity contribution is 0.412. The average Bonchev–Trinajstić information content (AvgIpc) is 2.34. The van der Waals surface area contributed by atoms with Gasteiger partial charge in [0, 0.05) is 0 Å². The molecule has 1 aromatic carbocycles. The van der Waals surface area contributed by atoms with Gasteiger partial charge in [-0.25, -0.2) is 0 Å². The molecule has 17 heavy (non-hydrogen) atoms. The monoisotopic (exact) mass is 299 g/mol. The number of nitrogens with one attached hydrogen (secondary N) is 1. The van der Waals surface area contributed by atoms with Gasteiger partial charge in [0.2, 0.25) is 0 Å². The highest BCUT2D eigenvalue weighted by Gasteiger charge is 2.01. The zero-order valence-electron chi connectivity index (χ0n) is 10.8. The number of unbranched alkanes of at least 4 members (excludes halogenated alkanes) is 1. The zero-order chi connectivity index (χ0) is 12.5. The minimum atomic E-state index is 0.901. The Labute approximate surface area is 113 Å². The molecule has 0 saturated carbocycles. The molecule has 0 radical (unpaired) electrons. The first-order valence-electron chi connectivity index (χ1n) is 6.31. The van der Waals surface area contributed by atoms with Crippen LogP contribution in [0.5, 0.6) is 5.75 Å². The molecule has 1 N–H and O–H groups in total. The molecule has 0 atom stereocenters. The molecule has 0 fully saturated rings. The van der Waals surface area contributed by atoms with Crippen LogP contribution in [0.15, 0.2) is 22.7 Å². The highest BCUT2D eigenvalue weighted by Crippen LogP contribution is 2.26. The van der Waals surface area contributed by atoms with Crippen molar-refractivity contribution < 1.29 is 4.74 Å². The summed E-state index contributed by atoms with van der Waals surface area (Å²) in [5, 5.41) is 3.42. The van der Waals surface area contributed by atoms with Crippen molar-refractivity contribution in [3.63, 3.8) is 0 Å². The number of aryl methyl sites for hydroxylation is 1. The first kappa shape index (κ1) is 14.5. The predicted octanol–water partition coefficient (Wildman–Crippen LogP) is 3.78. The molecule has 0 aliphatic heterocycles. The van der Waals surface area contributed by atoms with E-state index < -0.39 is 0 Å². The van der Waals surface area contributed by atoms with Crippen LogP contribution >= 0.6 is 15.9 Å². The van der Waals surface area contributed by atoms with Crippen LogP contribution in [0.1, 0.15) is 31.7 Å². The van der Waals surface area contributed by atoms with Crippen molar-refractivity contribution in [1.29, 1.82) is 0 Å². The third-order valence-electron chi connectivity index (χ3n) is 2.71. The molecule has 1 aromatic rings. The van der Waals surface area contributed by atoms with Gasteiger partial charge in [0.1, 0.15) is 5.75 Å². The van der Waals surface area contributed by atoms with E-state index in [1.807, 2.05) is 6.07 Å². The van der Waals surface area contributed by atoms with Gasteiger partial charge >= 0.3 is 0 Å². The molecule has 0 bridgehead atoms. The maximum Gasteiger partial charge on any atom is 0.133 e. The topological polar surface area (TPSA) is 21.3 Å². The number of hydrogen-bond donors (Lipinski definition) is 1. The Balaban J connectivity index is 2.25. The Morgan fingerprint density at radius 3 is 2.71 bits per heavy atom. The van der Waals surface area contributed by atoms with Gasteiger partial charge in [0.15, 0.2) is 0 Å². The first-order valence-corrected chi connectivity index (χ1v) is 7.10. The van der Waals surface area contributed by atoms with Crippen LogP contribution in [0.2, 0.25) is 0 Å². The number of methoxy groups -OCH3 is 1. The van der Waals surface area contributed by atoms with E-state index in [-0.39, 0.29) is 0 Å². The third-order valence-corrected chi connectivity index (χ3v) is 3.33. The van der Waals surface area contributed by atoms with E-state index in [1.54, 1.807) is 7.11 Å². The van der Waals surface area contributed by atoms with E-state index in [4.69, 9.17) is 4.74 Å². The Kier molecular flexibility index (Phi) is 7.29. The van der Waals surface area contributed by atoms with Gasteiger partial charge < -0.3 is 10.1 Å². The fourth-order valence-electron chi connectivity index (χ4n) is 1.75. The Morgan fingerprint density at radius 2 is 2.06 bits per heavy atom. The van der Waals surface area contributed by atoms with Crippen LogP contribution < -0.4 is 10.1 Å². The van der Waals surface area contributed by atoms with Crippen LogP contribution in [0, 0.1) is 0 Å². The van der Waals surface area contributed by atoms with E-state index in [1.165, 1.54) is 24.8 Å². The molecule has 0 unspecified atom stereocenters. The van der Waals surface area contributed by atoms with Crippen molar-refractivity contribution in [3.8, 4) is 5.75 Å². The maximum absolute atomic E-state index is 5.21. The van der Waals surface area contributed by atoms with Crippen molar-refractivity contribution in [3.05, 3.63) is 28.2 Å². The van der Waals surface area contributed by atoms with Gasteiger partial charge in [-0.2, -0.15) is 0 Å². The van der Waals surface area contributed by atoms with Crippen LogP contribution in [-0.4, -0.2) is 20.2 Å². The van der Waals surface area contributed by atoms with Crippen molar-refractivity contribution in [2.45, 2.75) is 32.6 Å². The summed E-state index contributed by atoms with van der Waals surface area (Å²) in [6.45, 7) is 4.46. The van der Waals surface area contributed by atoms with Crippen LogP contribution in [-0.2, 0) is 6.42 Å². The minimum Gasteiger partial charge on any atom is -0.496 e. The van der Waals surface area contributed by atoms with E-state index >= 15 is 0 Å². The second kappa shape index (κ2) is 8.54. The molecular formula is C14H22BrNO. The lowest BCUT2D eigenvalue weighted by Gasteiger charge is -2.06. The number of halogens is 1. The molecule has 2 nitrogen and oxygen atoms in total. The fraction of sp³-hybridized carbons (Fsp3) is 0.571. The van der Waals surface area contributed by atoms with Gasteiger partial charge in [-0.1, -0.05) is 13.0 Å². The number of hydrogen-bond acceptors (Lipinski definition) is 2. The van der Waals surface area contributed by atoms with Crippen molar-refractivity contribution in [2.24, 2.45) is 0 Å². The van der Waals surface area contributed by atoms with Crippen LogP contribution in [0.4, 0.5) is 0 Å². The maximum atomic E-state index is 5.21. The quantitative estimate of drug-likeness (QED) is 0.738. The Morgan fingerprint density at radius 1 is 1.24 bits per heavy atom. The summed E-state index contributed by atoms with van der Waals surface area (Å²) >= 11 is 3.51. The molecule has 0 heterocycles. The van der Waals surface area contributed by atoms with Crippen LogP contribution in [0.3, 0.4) is 0 Å². The van der Waals surface area contributed by atoms with Gasteiger partial charge in [-0.15, -0.1) is 0 Å². The summed E-state index contributed by atoms with van der Waals surface area (Å²) in [6.07, 6.45) is 4.82. The molecule has 1 rings (SSSR count). The number of rotatable bonds is 8. The minimum absolute atomic E-state index is 0.901. The van der Waals surface area contributed by atoms with Gasteiger partial charge in [0.05, 0.1) is 11.6 Å². The molecule has 0 aromatic heterocycles. The van der Waals surface area contributed by atoms with E-state index in [2.05, 4.69) is 40.3 Å². The largest absolute Gasteiger partial charge is 0.496 e. The lowest BCUT2D eigenvalue weighted by Crippen LogP contribution is -2.15. The molecule has 3 heteroatoms. The van der Waals surface area contributed by atoms with E-state index in [0.29, 0.717) is 0 Å². The second-order valence-electron chi connectivity index (χ2n) is 4.18. The smallest absolute Gasteiger partial charge is 0.133 e. The molecule has 0 spiro atoms. The van der Waals surface area contributed by atoms with Gasteiger partial charge in [0.25, 0.3) is 0 Å². The Hall–Kier alpha value is -0.540. The number of ether oxygens (including phenoxy) is 1. The molecule has 0 saturated heterocycles. The van der Waals surface area contributed by atoms with Gasteiger partial charge in [-0.3, -0.25) is 0 Å². The SMILES string of the molecule is CCCNCCCCc1ccc(OC)c(Br)c1. The van der Waals surface area contributed by atoms with Gasteiger partial charge in [-0.05, 0) is 72.4 Å². The summed E-state index contributed by atoms with van der Waals surface area (Å²) in [7, 11) is 1.69. The normalized spacial score (nSPS) is 10.5. The van der Waals surface area contributed by atoms with Crippen molar-refractivity contribution >= 4 is 15.9 Å². The molecule has 0 aliphatic rings. The van der Waals surface area contributed by atoms with Crippen molar-refractivity contribution in [1.82, 2.24) is 5.32 Å². The standard InChI is InChI=1S/C14H22BrNO/c1-3-9-16-10-5-4-6-12-7-8-14(17-2)13(15)11-12/h7-8,11,16H,3-6,9-10H2,1-2H3. The highest BCUT2D eigenvalue weighted by atomic mass is 79.9. The summed E-state index contributed by atoms with van der Waals surface area (Å²) in [4.78, 5) is 0. The summed E-state index contributed by atoms with van der Waals surface area (Å²) in [6, 6.07) is 6.32. The Bertz CT molecular complexity index is 328. The predicted molar refractivity (Wildman–Crippen MR) is 76.8 cm³/mol. The van der Waals surface area contributed by atoms with Crippen LogP contribution in [0.25, 0.3) is 0 Å². The lowest BCUT2D eigenvalue weighted by atomic mass is 10.1. The summed E-state index contributed by atoms with van der Waals surface area (Å²) in [5.74, 6) is 0.901.